The van der Waals surface area contributed by atoms with Crippen molar-refractivity contribution in [1.82, 2.24) is 8.43 Å². The molecule has 3 atom stereocenters. The van der Waals surface area contributed by atoms with Crippen LogP contribution in [0.25, 0.3) is 0 Å². The maximum absolute atomic E-state index is 12.7. The minimum atomic E-state index is -2.76. The highest BCUT2D eigenvalue weighted by molar-refractivity contribution is 14.1. The van der Waals surface area contributed by atoms with Gasteiger partial charge in [-0.1, -0.05) is 6.92 Å². The molecule has 0 radical (unpaired) electrons. The van der Waals surface area contributed by atoms with E-state index in [1.165, 1.54) is 0 Å². The van der Waals surface area contributed by atoms with Crippen molar-refractivity contribution in [1.29, 1.82) is 0 Å². The number of alkyl halides is 2. The highest BCUT2D eigenvalue weighted by atomic mass is 127. The summed E-state index contributed by atoms with van der Waals surface area (Å²) < 4.78 is 27.6. The molecule has 0 aromatic rings. The molecule has 2 rings (SSSR count). The topological polar surface area (TPSA) is 32.3 Å². The monoisotopic (exact) mass is 358 g/mol. The molecule has 1 saturated carbocycles. The minimum Gasteiger partial charge on any atom is -0.352 e. The number of hydrogen-bond donors (Lipinski definition) is 1. The molecule has 1 heterocycles. The summed E-state index contributed by atoms with van der Waals surface area (Å²) in [5.41, 5.74) is 0. The molecule has 98 valence electrons. The van der Waals surface area contributed by atoms with Gasteiger partial charge in [-0.15, -0.1) is 0 Å². The van der Waals surface area contributed by atoms with Crippen molar-refractivity contribution >= 4 is 28.8 Å². The molecule has 1 N–H and O–H groups in total. The molecule has 0 spiro atoms. The number of carbonyl (C=O) groups excluding carboxylic acids is 1. The predicted octanol–water partition coefficient (Wildman–Crippen LogP) is 2.21. The first-order valence-electron chi connectivity index (χ1n) is 5.97. The van der Waals surface area contributed by atoms with Crippen LogP contribution in [0.2, 0.25) is 0 Å². The largest absolute Gasteiger partial charge is 0.352 e. The van der Waals surface area contributed by atoms with Gasteiger partial charge in [-0.05, 0) is 18.8 Å². The lowest BCUT2D eigenvalue weighted by atomic mass is 10.0. The maximum Gasteiger partial charge on any atom is 0.260 e. The molecule has 0 aromatic heterocycles. The lowest BCUT2D eigenvalue weighted by Gasteiger charge is -2.19. The van der Waals surface area contributed by atoms with Gasteiger partial charge >= 0.3 is 0 Å². The molecule has 17 heavy (non-hydrogen) atoms. The molecular weight excluding hydrogens is 341 g/mol. The normalized spacial score (nSPS) is 37.3. The van der Waals surface area contributed by atoms with Gasteiger partial charge in [-0.25, -0.2) is 11.9 Å². The lowest BCUT2D eigenvalue weighted by molar-refractivity contribution is -0.125. The summed E-state index contributed by atoms with van der Waals surface area (Å²) in [6, 6.07) is 0.0146. The molecule has 0 bridgehead atoms. The third-order valence-electron chi connectivity index (χ3n) is 3.43. The summed E-state index contributed by atoms with van der Waals surface area (Å²) in [4.78, 5) is 11.6. The van der Waals surface area contributed by atoms with Crippen LogP contribution in [0.15, 0.2) is 0 Å². The summed E-state index contributed by atoms with van der Waals surface area (Å²) in [7, 11) is 0. The van der Waals surface area contributed by atoms with E-state index in [9.17, 15) is 13.6 Å². The van der Waals surface area contributed by atoms with Gasteiger partial charge in [0.2, 0.25) is 5.91 Å². The fraction of sp³-hybridized carbons (Fsp3) is 0.909. The van der Waals surface area contributed by atoms with Crippen LogP contribution in [-0.2, 0) is 4.79 Å². The van der Waals surface area contributed by atoms with E-state index in [0.717, 1.165) is 25.9 Å². The van der Waals surface area contributed by atoms with E-state index in [0.29, 0.717) is 5.92 Å². The van der Waals surface area contributed by atoms with Crippen molar-refractivity contribution in [3.8, 4) is 0 Å². The Kier molecular flexibility index (Phi) is 3.92. The van der Waals surface area contributed by atoms with E-state index in [-0.39, 0.29) is 12.5 Å². The third kappa shape index (κ3) is 3.49. The second-order valence-electron chi connectivity index (χ2n) is 5.23. The summed E-state index contributed by atoms with van der Waals surface area (Å²) >= 11 is 2.23. The van der Waals surface area contributed by atoms with Gasteiger partial charge in [-0.3, -0.25) is 4.79 Å². The standard InChI is InChI=1S/C11H17F2IN2O/c1-7-2-3-8(6-16(14)5-7)15-10(17)9-4-11(9,12)13/h7-9H,2-6H2,1H3,(H,15,17). The quantitative estimate of drug-likeness (QED) is 0.607. The molecule has 1 amide bonds. The smallest absolute Gasteiger partial charge is 0.260 e. The second kappa shape index (κ2) is 4.95. The van der Waals surface area contributed by atoms with Gasteiger partial charge in [0.05, 0.1) is 0 Å². The van der Waals surface area contributed by atoms with Crippen LogP contribution in [0.3, 0.4) is 0 Å². The van der Waals surface area contributed by atoms with Crippen molar-refractivity contribution < 1.29 is 13.6 Å². The fourth-order valence-corrected chi connectivity index (χ4v) is 3.39. The number of amides is 1. The van der Waals surface area contributed by atoms with Crippen molar-refractivity contribution in [2.75, 3.05) is 13.1 Å². The van der Waals surface area contributed by atoms with Crippen LogP contribution < -0.4 is 5.32 Å². The van der Waals surface area contributed by atoms with Gasteiger partial charge in [-0.2, -0.15) is 0 Å². The van der Waals surface area contributed by atoms with Gasteiger partial charge in [0, 0.05) is 48.4 Å². The van der Waals surface area contributed by atoms with Crippen molar-refractivity contribution in [3.05, 3.63) is 0 Å². The highest BCUT2D eigenvalue weighted by Crippen LogP contribution is 2.48. The average Bonchev–Trinajstić information content (AvgIpc) is 2.86. The Morgan fingerprint density at radius 3 is 2.65 bits per heavy atom. The summed E-state index contributed by atoms with van der Waals surface area (Å²) in [5, 5.41) is 2.76. The van der Waals surface area contributed by atoms with E-state index in [4.69, 9.17) is 0 Å². The molecule has 3 nitrogen and oxygen atoms in total. The van der Waals surface area contributed by atoms with Crippen LogP contribution in [0.5, 0.6) is 0 Å². The number of nitrogens with zero attached hydrogens (tertiary/aromatic N) is 1. The number of hydrogen-bond acceptors (Lipinski definition) is 2. The summed E-state index contributed by atoms with van der Waals surface area (Å²) in [5.74, 6) is -3.71. The molecule has 3 unspecified atom stereocenters. The van der Waals surface area contributed by atoms with Gasteiger partial charge < -0.3 is 5.32 Å². The van der Waals surface area contributed by atoms with Crippen LogP contribution in [0.4, 0.5) is 8.78 Å². The highest BCUT2D eigenvalue weighted by Gasteiger charge is 2.61. The Morgan fingerprint density at radius 2 is 2.06 bits per heavy atom. The maximum atomic E-state index is 12.7. The number of halogens is 3. The predicted molar refractivity (Wildman–Crippen MR) is 69.0 cm³/mol. The minimum absolute atomic E-state index is 0.0146. The molecule has 2 aliphatic rings. The van der Waals surface area contributed by atoms with Crippen molar-refractivity contribution in [2.45, 2.75) is 38.2 Å². The third-order valence-corrected chi connectivity index (χ3v) is 4.21. The first-order valence-corrected chi connectivity index (χ1v) is 6.94. The van der Waals surface area contributed by atoms with E-state index >= 15 is 0 Å². The zero-order valence-corrected chi connectivity index (χ0v) is 11.9. The second-order valence-corrected chi connectivity index (χ2v) is 6.60. The van der Waals surface area contributed by atoms with Crippen LogP contribution in [0, 0.1) is 11.8 Å². The molecular formula is C11H17F2IN2O. The van der Waals surface area contributed by atoms with E-state index in [2.05, 4.69) is 38.2 Å². The first kappa shape index (κ1) is 13.5. The fourth-order valence-electron chi connectivity index (χ4n) is 2.24. The Bertz CT molecular complexity index is 314. The van der Waals surface area contributed by atoms with Gasteiger partial charge in [0.25, 0.3) is 5.92 Å². The molecule has 2 fully saturated rings. The Balaban J connectivity index is 1.84. The van der Waals surface area contributed by atoms with Crippen molar-refractivity contribution in [3.63, 3.8) is 0 Å². The first-order chi connectivity index (χ1) is 7.88. The van der Waals surface area contributed by atoms with Gasteiger partial charge in [0.1, 0.15) is 5.92 Å². The van der Waals surface area contributed by atoms with Crippen LogP contribution in [-0.4, -0.2) is 34.1 Å². The van der Waals surface area contributed by atoms with Crippen LogP contribution >= 0.6 is 22.9 Å². The number of nitrogens with one attached hydrogen (secondary N) is 1. The Labute approximate surface area is 114 Å². The SMILES string of the molecule is CC1CCC(NC(=O)C2CC2(F)F)CN(I)C1. The molecule has 0 aromatic carbocycles. The number of carbonyl (C=O) groups is 1. The van der Waals surface area contributed by atoms with E-state index < -0.39 is 17.7 Å². The average molecular weight is 358 g/mol. The zero-order chi connectivity index (χ0) is 12.6. The Morgan fingerprint density at radius 1 is 1.41 bits per heavy atom. The molecule has 6 heteroatoms. The Hall–Kier alpha value is 0.0200. The van der Waals surface area contributed by atoms with E-state index in [1.807, 2.05) is 0 Å². The summed E-state index contributed by atoms with van der Waals surface area (Å²) in [6.07, 6.45) is 1.63. The molecule has 1 aliphatic heterocycles. The zero-order valence-electron chi connectivity index (χ0n) is 9.76. The van der Waals surface area contributed by atoms with Gasteiger partial charge in [0.15, 0.2) is 0 Å². The van der Waals surface area contributed by atoms with E-state index in [1.54, 1.807) is 0 Å². The van der Waals surface area contributed by atoms with Crippen LogP contribution in [0.1, 0.15) is 26.2 Å². The summed E-state index contributed by atoms with van der Waals surface area (Å²) in [6.45, 7) is 3.91. The lowest BCUT2D eigenvalue weighted by Crippen LogP contribution is -2.41. The molecule has 1 saturated heterocycles. The molecule has 1 aliphatic carbocycles. The van der Waals surface area contributed by atoms with Crippen molar-refractivity contribution in [2.24, 2.45) is 11.8 Å². The number of rotatable bonds is 2.